The summed E-state index contributed by atoms with van der Waals surface area (Å²) in [6, 6.07) is 15.2. The fourth-order valence-electron chi connectivity index (χ4n) is 3.43. The van der Waals surface area contributed by atoms with E-state index in [4.69, 9.17) is 21.1 Å². The van der Waals surface area contributed by atoms with Crippen molar-refractivity contribution in [2.45, 2.75) is 25.2 Å². The van der Waals surface area contributed by atoms with Gasteiger partial charge >= 0.3 is 0 Å². The van der Waals surface area contributed by atoms with Crippen molar-refractivity contribution in [1.82, 2.24) is 5.32 Å². The summed E-state index contributed by atoms with van der Waals surface area (Å²) in [4.78, 5) is 12.8. The van der Waals surface area contributed by atoms with Crippen LogP contribution in [-0.4, -0.2) is 32.3 Å². The quantitative estimate of drug-likeness (QED) is 0.824. The topological polar surface area (TPSA) is 47.6 Å². The Labute approximate surface area is 159 Å². The molecule has 1 saturated heterocycles. The van der Waals surface area contributed by atoms with Gasteiger partial charge in [0.15, 0.2) is 0 Å². The maximum Gasteiger partial charge on any atom is 0.255 e. The largest absolute Gasteiger partial charge is 0.493 e. The second-order valence-corrected chi connectivity index (χ2v) is 6.95. The standard InChI is InChI=1S/C21H24ClNO3/c1-2-26-19-9-4-3-8-18(19)20(24)23-15-21(10-12-25-13-11-21)16-6-5-7-17(22)14-16/h3-9,14H,2,10-13,15H2,1H3,(H,23,24). The summed E-state index contributed by atoms with van der Waals surface area (Å²) >= 11 is 6.21. The Balaban J connectivity index is 1.79. The lowest BCUT2D eigenvalue weighted by Gasteiger charge is -2.38. The van der Waals surface area contributed by atoms with Gasteiger partial charge in [0.1, 0.15) is 5.75 Å². The Kier molecular flexibility index (Phi) is 6.17. The molecule has 0 saturated carbocycles. The zero-order valence-corrected chi connectivity index (χ0v) is 15.7. The number of carbonyl (C=O) groups excluding carboxylic acids is 1. The molecule has 4 nitrogen and oxygen atoms in total. The van der Waals surface area contributed by atoms with Crippen LogP contribution in [0.2, 0.25) is 5.02 Å². The smallest absolute Gasteiger partial charge is 0.255 e. The maximum absolute atomic E-state index is 12.8. The molecule has 1 amide bonds. The minimum atomic E-state index is -0.167. The van der Waals surface area contributed by atoms with Crippen molar-refractivity contribution in [1.29, 1.82) is 0 Å². The Hall–Kier alpha value is -2.04. The van der Waals surface area contributed by atoms with Gasteiger partial charge in [0.25, 0.3) is 5.91 Å². The van der Waals surface area contributed by atoms with E-state index >= 15 is 0 Å². The molecule has 0 aromatic heterocycles. The van der Waals surface area contributed by atoms with E-state index in [2.05, 4.69) is 11.4 Å². The molecule has 2 aromatic rings. The van der Waals surface area contributed by atoms with Gasteiger partial charge in [0.2, 0.25) is 0 Å². The second kappa shape index (κ2) is 8.56. The lowest BCUT2D eigenvalue weighted by molar-refractivity contribution is 0.0487. The molecule has 1 N–H and O–H groups in total. The molecule has 26 heavy (non-hydrogen) atoms. The van der Waals surface area contributed by atoms with E-state index in [0.29, 0.717) is 42.7 Å². The summed E-state index contributed by atoms with van der Waals surface area (Å²) in [5, 5.41) is 3.82. The fraction of sp³-hybridized carbons (Fsp3) is 0.381. The average molecular weight is 374 g/mol. The van der Waals surface area contributed by atoms with Gasteiger partial charge in [0, 0.05) is 30.2 Å². The summed E-state index contributed by atoms with van der Waals surface area (Å²) in [7, 11) is 0. The third kappa shape index (κ3) is 4.19. The summed E-state index contributed by atoms with van der Waals surface area (Å²) in [5.74, 6) is 0.484. The molecule has 1 aliphatic rings. The van der Waals surface area contributed by atoms with Crippen LogP contribution < -0.4 is 10.1 Å². The highest BCUT2D eigenvalue weighted by Gasteiger charge is 2.35. The number of ether oxygens (including phenoxy) is 2. The van der Waals surface area contributed by atoms with Crippen molar-refractivity contribution in [3.63, 3.8) is 0 Å². The van der Waals surface area contributed by atoms with Gasteiger partial charge in [-0.05, 0) is 49.6 Å². The van der Waals surface area contributed by atoms with Crippen molar-refractivity contribution in [3.8, 4) is 5.75 Å². The Morgan fingerprint density at radius 2 is 1.96 bits per heavy atom. The highest BCUT2D eigenvalue weighted by Crippen LogP contribution is 2.35. The number of benzene rings is 2. The molecule has 0 radical (unpaired) electrons. The third-order valence-corrected chi connectivity index (χ3v) is 5.14. The van der Waals surface area contributed by atoms with Gasteiger partial charge in [0.05, 0.1) is 12.2 Å². The molecule has 1 aliphatic heterocycles. The monoisotopic (exact) mass is 373 g/mol. The van der Waals surface area contributed by atoms with Crippen LogP contribution in [0.4, 0.5) is 0 Å². The zero-order valence-electron chi connectivity index (χ0n) is 15.0. The van der Waals surface area contributed by atoms with Crippen LogP contribution in [0.3, 0.4) is 0 Å². The van der Waals surface area contributed by atoms with Crippen molar-refractivity contribution < 1.29 is 14.3 Å². The Bertz CT molecular complexity index is 756. The first-order valence-corrected chi connectivity index (χ1v) is 9.36. The van der Waals surface area contributed by atoms with E-state index in [-0.39, 0.29) is 11.3 Å². The SMILES string of the molecule is CCOc1ccccc1C(=O)NCC1(c2cccc(Cl)c2)CCOCC1. The number of carbonyl (C=O) groups is 1. The van der Waals surface area contributed by atoms with Crippen LogP contribution in [0.1, 0.15) is 35.7 Å². The number of nitrogens with one attached hydrogen (secondary N) is 1. The number of hydrogen-bond donors (Lipinski definition) is 1. The van der Waals surface area contributed by atoms with E-state index in [1.54, 1.807) is 6.07 Å². The Morgan fingerprint density at radius 3 is 2.69 bits per heavy atom. The predicted octanol–water partition coefficient (Wildman–Crippen LogP) is 4.22. The molecule has 1 fully saturated rings. The van der Waals surface area contributed by atoms with E-state index in [1.807, 2.05) is 43.3 Å². The summed E-state index contributed by atoms with van der Waals surface area (Å²) < 4.78 is 11.1. The van der Waals surface area contributed by atoms with Crippen molar-refractivity contribution in [2.24, 2.45) is 0 Å². The summed E-state index contributed by atoms with van der Waals surface area (Å²) in [6.07, 6.45) is 1.70. The van der Waals surface area contributed by atoms with E-state index in [1.165, 1.54) is 0 Å². The molecule has 3 rings (SSSR count). The zero-order chi connectivity index (χ0) is 18.4. The van der Waals surface area contributed by atoms with Crippen molar-refractivity contribution >= 4 is 17.5 Å². The molecule has 1 heterocycles. The first-order valence-electron chi connectivity index (χ1n) is 8.98. The van der Waals surface area contributed by atoms with Gasteiger partial charge in [-0.2, -0.15) is 0 Å². The molecule has 5 heteroatoms. The van der Waals surface area contributed by atoms with Gasteiger partial charge in [-0.25, -0.2) is 0 Å². The molecule has 0 unspecified atom stereocenters. The lowest BCUT2D eigenvalue weighted by atomic mass is 9.74. The molecule has 138 valence electrons. The summed E-state index contributed by atoms with van der Waals surface area (Å²) in [5.41, 5.74) is 1.54. The first-order chi connectivity index (χ1) is 12.6. The molecule has 0 bridgehead atoms. The van der Waals surface area contributed by atoms with Crippen LogP contribution in [0.15, 0.2) is 48.5 Å². The number of para-hydroxylation sites is 1. The molecule has 0 spiro atoms. The molecular formula is C21H24ClNO3. The lowest BCUT2D eigenvalue weighted by Crippen LogP contribution is -2.44. The van der Waals surface area contributed by atoms with E-state index < -0.39 is 0 Å². The molecular weight excluding hydrogens is 350 g/mol. The van der Waals surface area contributed by atoms with Gasteiger partial charge in [-0.1, -0.05) is 35.9 Å². The predicted molar refractivity (Wildman–Crippen MR) is 103 cm³/mol. The molecule has 0 aliphatic carbocycles. The van der Waals surface area contributed by atoms with Crippen LogP contribution >= 0.6 is 11.6 Å². The number of amides is 1. The van der Waals surface area contributed by atoms with Gasteiger partial charge in [-0.3, -0.25) is 4.79 Å². The van der Waals surface area contributed by atoms with E-state index in [9.17, 15) is 4.79 Å². The number of rotatable bonds is 6. The number of halogens is 1. The van der Waals surface area contributed by atoms with Crippen LogP contribution in [0, 0.1) is 0 Å². The minimum Gasteiger partial charge on any atom is -0.493 e. The normalized spacial score (nSPS) is 16.1. The first kappa shape index (κ1) is 18.7. The molecule has 2 aromatic carbocycles. The maximum atomic E-state index is 12.8. The van der Waals surface area contributed by atoms with E-state index in [0.717, 1.165) is 18.4 Å². The van der Waals surface area contributed by atoms with Crippen LogP contribution in [0.25, 0.3) is 0 Å². The minimum absolute atomic E-state index is 0.123. The van der Waals surface area contributed by atoms with Crippen LogP contribution in [0.5, 0.6) is 5.75 Å². The highest BCUT2D eigenvalue weighted by atomic mass is 35.5. The fourth-order valence-corrected chi connectivity index (χ4v) is 3.62. The van der Waals surface area contributed by atoms with Gasteiger partial charge < -0.3 is 14.8 Å². The molecule has 0 atom stereocenters. The third-order valence-electron chi connectivity index (χ3n) is 4.91. The van der Waals surface area contributed by atoms with Crippen LogP contribution in [-0.2, 0) is 10.2 Å². The summed E-state index contributed by atoms with van der Waals surface area (Å²) in [6.45, 7) is 4.32. The highest BCUT2D eigenvalue weighted by molar-refractivity contribution is 6.30. The van der Waals surface area contributed by atoms with Crippen molar-refractivity contribution in [2.75, 3.05) is 26.4 Å². The second-order valence-electron chi connectivity index (χ2n) is 6.51. The average Bonchev–Trinajstić information content (AvgIpc) is 2.67. The van der Waals surface area contributed by atoms with Crippen molar-refractivity contribution in [3.05, 3.63) is 64.7 Å². The Morgan fingerprint density at radius 1 is 1.19 bits per heavy atom. The number of hydrogen-bond acceptors (Lipinski definition) is 3. The van der Waals surface area contributed by atoms with Gasteiger partial charge in [-0.15, -0.1) is 0 Å².